The predicted molar refractivity (Wildman–Crippen MR) is 42.6 cm³/mol. The molecule has 0 aliphatic heterocycles. The summed E-state index contributed by atoms with van der Waals surface area (Å²) in [5, 5.41) is 19.9. The first-order chi connectivity index (χ1) is 6.04. The lowest BCUT2D eigenvalue weighted by Crippen LogP contribution is -1.96. The van der Waals surface area contributed by atoms with E-state index in [-0.39, 0.29) is 0 Å². The van der Waals surface area contributed by atoms with E-state index in [1.165, 1.54) is 0 Å². The molecule has 0 spiro atoms. The van der Waals surface area contributed by atoms with Crippen LogP contribution in [0.1, 0.15) is 0 Å². The molecule has 68 valence electrons. The Bertz CT molecular complexity index is 348. The topological polar surface area (TPSA) is 99.2 Å². The molecule has 0 amide bonds. The lowest BCUT2D eigenvalue weighted by atomic mass is 10.4. The lowest BCUT2D eigenvalue weighted by molar-refractivity contribution is -0.396. The molecule has 1 aromatic heterocycles. The maximum atomic E-state index is 10.3. The van der Waals surface area contributed by atoms with Crippen molar-refractivity contribution in [2.45, 2.75) is 0 Å². The van der Waals surface area contributed by atoms with Crippen LogP contribution in [0.15, 0.2) is 12.3 Å². The third kappa shape index (κ3) is 1.70. The highest BCUT2D eigenvalue weighted by molar-refractivity contribution is 6.34. The molecule has 0 aromatic carbocycles. The van der Waals surface area contributed by atoms with E-state index in [4.69, 9.17) is 11.6 Å². The number of hydrogen-bond acceptors (Lipinski definition) is 5. The first kappa shape index (κ1) is 9.33. The molecule has 0 unspecified atom stereocenters. The van der Waals surface area contributed by atoms with E-state index in [0.717, 1.165) is 12.3 Å². The molecule has 0 saturated heterocycles. The van der Waals surface area contributed by atoms with Crippen LogP contribution in [0.3, 0.4) is 0 Å². The molecule has 0 N–H and O–H groups in total. The first-order valence-corrected chi connectivity index (χ1v) is 3.35. The van der Waals surface area contributed by atoms with E-state index in [9.17, 15) is 20.2 Å². The second-order valence-corrected chi connectivity index (χ2v) is 2.36. The fourth-order valence-electron chi connectivity index (χ4n) is 0.691. The SMILES string of the molecule is O=[N+]([O-])c1ccnc([N+](=O)[O-])c1Cl. The van der Waals surface area contributed by atoms with Crippen molar-refractivity contribution in [1.82, 2.24) is 4.98 Å². The second kappa shape index (κ2) is 3.31. The minimum atomic E-state index is -0.880. The summed E-state index contributed by atoms with van der Waals surface area (Å²) in [5.41, 5.74) is -0.525. The third-order valence-corrected chi connectivity index (χ3v) is 1.58. The summed E-state index contributed by atoms with van der Waals surface area (Å²) in [7, 11) is 0. The Balaban J connectivity index is 3.35. The Hall–Kier alpha value is -1.76. The van der Waals surface area contributed by atoms with Gasteiger partial charge in [0.1, 0.15) is 6.20 Å². The molecule has 1 heterocycles. The average molecular weight is 204 g/mol. The van der Waals surface area contributed by atoms with Crippen LogP contribution in [-0.2, 0) is 0 Å². The van der Waals surface area contributed by atoms with E-state index in [0.29, 0.717) is 0 Å². The van der Waals surface area contributed by atoms with Gasteiger partial charge in [0.2, 0.25) is 5.02 Å². The zero-order chi connectivity index (χ0) is 10.0. The minimum Gasteiger partial charge on any atom is -0.358 e. The third-order valence-electron chi connectivity index (χ3n) is 1.22. The summed E-state index contributed by atoms with van der Waals surface area (Å²) in [6, 6.07) is 0.995. The number of rotatable bonds is 2. The van der Waals surface area contributed by atoms with Gasteiger partial charge in [0, 0.05) is 0 Å². The van der Waals surface area contributed by atoms with Crippen molar-refractivity contribution >= 4 is 23.1 Å². The number of halogens is 1. The number of pyridine rings is 1. The van der Waals surface area contributed by atoms with Gasteiger partial charge >= 0.3 is 5.82 Å². The molecular formula is C5H2ClN3O4. The smallest absolute Gasteiger partial charge is 0.358 e. The van der Waals surface area contributed by atoms with Gasteiger partial charge < -0.3 is 10.1 Å². The summed E-state index contributed by atoms with van der Waals surface area (Å²) in [4.78, 5) is 22.1. The average Bonchev–Trinajstić information content (AvgIpc) is 2.03. The van der Waals surface area contributed by atoms with Crippen LogP contribution in [0.2, 0.25) is 5.02 Å². The molecule has 0 aliphatic carbocycles. The van der Waals surface area contributed by atoms with E-state index in [1.54, 1.807) is 0 Å². The Morgan fingerprint density at radius 2 is 1.92 bits per heavy atom. The summed E-state index contributed by atoms with van der Waals surface area (Å²) in [6.07, 6.45) is 0.960. The van der Waals surface area contributed by atoms with Gasteiger partial charge in [-0.2, -0.15) is 0 Å². The number of nitrogens with zero attached hydrogens (tertiary/aromatic N) is 3. The van der Waals surface area contributed by atoms with Gasteiger partial charge in [-0.05, 0) is 9.91 Å². The maximum absolute atomic E-state index is 10.3. The van der Waals surface area contributed by atoms with Crippen molar-refractivity contribution in [1.29, 1.82) is 0 Å². The zero-order valence-electron chi connectivity index (χ0n) is 6.01. The fraction of sp³-hybridized carbons (Fsp3) is 0. The van der Waals surface area contributed by atoms with Crippen molar-refractivity contribution < 1.29 is 9.85 Å². The van der Waals surface area contributed by atoms with E-state index < -0.39 is 26.4 Å². The van der Waals surface area contributed by atoms with E-state index >= 15 is 0 Å². The van der Waals surface area contributed by atoms with Crippen molar-refractivity contribution in [3.63, 3.8) is 0 Å². The van der Waals surface area contributed by atoms with Crippen LogP contribution in [-0.4, -0.2) is 14.8 Å². The number of nitro groups is 2. The van der Waals surface area contributed by atoms with Gasteiger partial charge in [0.25, 0.3) is 5.69 Å². The Morgan fingerprint density at radius 3 is 2.38 bits per heavy atom. The van der Waals surface area contributed by atoms with Crippen LogP contribution in [0.25, 0.3) is 0 Å². The van der Waals surface area contributed by atoms with Crippen LogP contribution < -0.4 is 0 Å². The minimum absolute atomic E-state index is 0.525. The van der Waals surface area contributed by atoms with Gasteiger partial charge in [0.05, 0.1) is 11.0 Å². The normalized spacial score (nSPS) is 9.62. The Morgan fingerprint density at radius 1 is 1.31 bits per heavy atom. The first-order valence-electron chi connectivity index (χ1n) is 2.97. The largest absolute Gasteiger partial charge is 0.389 e. The van der Waals surface area contributed by atoms with Crippen LogP contribution in [0.4, 0.5) is 11.5 Å². The monoisotopic (exact) mass is 203 g/mol. The number of hydrogen-bond donors (Lipinski definition) is 0. The summed E-state index contributed by atoms with van der Waals surface area (Å²) >= 11 is 5.35. The molecule has 0 aliphatic rings. The molecular weight excluding hydrogens is 202 g/mol. The fourth-order valence-corrected chi connectivity index (χ4v) is 0.941. The van der Waals surface area contributed by atoms with Gasteiger partial charge in [-0.3, -0.25) is 10.1 Å². The molecule has 1 rings (SSSR count). The highest BCUT2D eigenvalue weighted by Crippen LogP contribution is 2.30. The predicted octanol–water partition coefficient (Wildman–Crippen LogP) is 1.55. The molecule has 0 radical (unpaired) electrons. The van der Waals surface area contributed by atoms with Gasteiger partial charge in [0.15, 0.2) is 0 Å². The maximum Gasteiger partial charge on any atom is 0.389 e. The quantitative estimate of drug-likeness (QED) is 0.536. The van der Waals surface area contributed by atoms with E-state index in [1.807, 2.05) is 0 Å². The molecule has 7 nitrogen and oxygen atoms in total. The van der Waals surface area contributed by atoms with Crippen molar-refractivity contribution in [2.24, 2.45) is 0 Å². The van der Waals surface area contributed by atoms with Crippen LogP contribution in [0, 0.1) is 20.2 Å². The van der Waals surface area contributed by atoms with Gasteiger partial charge in [-0.15, -0.1) is 0 Å². The summed E-state index contributed by atoms with van der Waals surface area (Å²) in [6.45, 7) is 0. The van der Waals surface area contributed by atoms with Crippen molar-refractivity contribution in [3.8, 4) is 0 Å². The molecule has 1 aromatic rings. The molecule has 13 heavy (non-hydrogen) atoms. The summed E-state index contributed by atoms with van der Waals surface area (Å²) < 4.78 is 0. The highest BCUT2D eigenvalue weighted by Gasteiger charge is 2.24. The molecule has 8 heteroatoms. The lowest BCUT2D eigenvalue weighted by Gasteiger charge is -1.94. The molecule has 0 atom stereocenters. The molecule has 0 bridgehead atoms. The summed E-state index contributed by atoms with van der Waals surface area (Å²) in [5.74, 6) is -0.712. The van der Waals surface area contributed by atoms with Crippen molar-refractivity contribution in [3.05, 3.63) is 37.5 Å². The van der Waals surface area contributed by atoms with E-state index in [2.05, 4.69) is 4.98 Å². The second-order valence-electron chi connectivity index (χ2n) is 1.98. The van der Waals surface area contributed by atoms with Crippen molar-refractivity contribution in [2.75, 3.05) is 0 Å². The Labute approximate surface area is 76.3 Å². The van der Waals surface area contributed by atoms with Gasteiger partial charge in [-0.25, -0.2) is 0 Å². The van der Waals surface area contributed by atoms with Gasteiger partial charge in [-0.1, -0.05) is 11.6 Å². The number of aromatic nitrogens is 1. The highest BCUT2D eigenvalue weighted by atomic mass is 35.5. The standard InChI is InChI=1S/C5H2ClN3O4/c6-4-3(8(10)11)1-2-7-5(4)9(12)13/h1-2H. The van der Waals surface area contributed by atoms with Crippen LogP contribution in [0.5, 0.6) is 0 Å². The zero-order valence-corrected chi connectivity index (χ0v) is 6.76. The molecule has 0 fully saturated rings. The Kier molecular flexibility index (Phi) is 2.38. The van der Waals surface area contributed by atoms with Crippen LogP contribution >= 0.6 is 11.6 Å². The molecule has 0 saturated carbocycles.